The first-order valence-electron chi connectivity index (χ1n) is 10.7. The number of pyridine rings is 1. The van der Waals surface area contributed by atoms with Crippen molar-refractivity contribution < 1.29 is 14.3 Å². The van der Waals surface area contributed by atoms with Gasteiger partial charge in [-0.1, -0.05) is 25.1 Å². The van der Waals surface area contributed by atoms with E-state index in [4.69, 9.17) is 9.72 Å². The molecule has 6 heteroatoms. The second-order valence-electron chi connectivity index (χ2n) is 7.71. The number of aromatic nitrogens is 1. The summed E-state index contributed by atoms with van der Waals surface area (Å²) in [6.07, 6.45) is 2.91. The first kappa shape index (κ1) is 21.8. The highest BCUT2D eigenvalue weighted by Crippen LogP contribution is 2.29. The molecule has 30 heavy (non-hydrogen) atoms. The molecule has 1 aromatic carbocycles. The lowest BCUT2D eigenvalue weighted by atomic mass is 9.89. The monoisotopic (exact) mass is 409 g/mol. The summed E-state index contributed by atoms with van der Waals surface area (Å²) >= 11 is 0. The van der Waals surface area contributed by atoms with Crippen LogP contribution in [-0.2, 0) is 11.2 Å². The van der Waals surface area contributed by atoms with Crippen molar-refractivity contribution in [3.05, 3.63) is 58.9 Å². The number of carbonyl (C=O) groups is 2. The van der Waals surface area contributed by atoms with Crippen molar-refractivity contribution in [2.24, 2.45) is 0 Å². The van der Waals surface area contributed by atoms with E-state index in [2.05, 4.69) is 5.32 Å². The second-order valence-corrected chi connectivity index (χ2v) is 7.71. The van der Waals surface area contributed by atoms with Crippen LogP contribution in [0.2, 0.25) is 0 Å². The Morgan fingerprint density at radius 1 is 1.17 bits per heavy atom. The van der Waals surface area contributed by atoms with Gasteiger partial charge in [0.2, 0.25) is 5.91 Å². The van der Waals surface area contributed by atoms with Crippen LogP contribution in [0, 0.1) is 6.92 Å². The number of rotatable bonds is 7. The number of hydrogen-bond acceptors (Lipinski definition) is 4. The predicted octanol–water partition coefficient (Wildman–Crippen LogP) is 3.49. The van der Waals surface area contributed by atoms with Gasteiger partial charge in [0.15, 0.2) is 0 Å². The summed E-state index contributed by atoms with van der Waals surface area (Å²) in [6.45, 7) is 5.81. The van der Waals surface area contributed by atoms with Crippen LogP contribution >= 0.6 is 0 Å². The van der Waals surface area contributed by atoms with Gasteiger partial charge in [0, 0.05) is 37.7 Å². The van der Waals surface area contributed by atoms with E-state index in [1.54, 1.807) is 7.11 Å². The molecule has 0 bridgehead atoms. The molecule has 0 spiro atoms. The van der Waals surface area contributed by atoms with Gasteiger partial charge in [-0.05, 0) is 49.9 Å². The minimum atomic E-state index is -0.0977. The zero-order chi connectivity index (χ0) is 21.5. The summed E-state index contributed by atoms with van der Waals surface area (Å²) in [7, 11) is 1.65. The van der Waals surface area contributed by atoms with Crippen LogP contribution in [0.15, 0.2) is 36.4 Å². The molecule has 1 saturated heterocycles. The van der Waals surface area contributed by atoms with Crippen LogP contribution in [-0.4, -0.2) is 48.4 Å². The topological polar surface area (TPSA) is 71.5 Å². The molecule has 1 fully saturated rings. The smallest absolute Gasteiger partial charge is 0.253 e. The predicted molar refractivity (Wildman–Crippen MR) is 117 cm³/mol. The molecule has 1 aliphatic rings. The summed E-state index contributed by atoms with van der Waals surface area (Å²) in [5, 5.41) is 3.03. The molecule has 0 atom stereocenters. The Labute approximate surface area is 178 Å². The average molecular weight is 410 g/mol. The number of nitrogens with zero attached hydrogens (tertiary/aromatic N) is 2. The van der Waals surface area contributed by atoms with Gasteiger partial charge in [-0.15, -0.1) is 0 Å². The third kappa shape index (κ3) is 5.17. The van der Waals surface area contributed by atoms with Crippen molar-refractivity contribution in [3.63, 3.8) is 0 Å². The van der Waals surface area contributed by atoms with Gasteiger partial charge in [0.25, 0.3) is 5.91 Å². The maximum Gasteiger partial charge on any atom is 0.253 e. The lowest BCUT2D eigenvalue weighted by molar-refractivity contribution is -0.131. The van der Waals surface area contributed by atoms with E-state index in [0.717, 1.165) is 48.6 Å². The number of likely N-dealkylation sites (tertiary alicyclic amines) is 1. The van der Waals surface area contributed by atoms with Gasteiger partial charge in [0.05, 0.1) is 18.4 Å². The number of piperidine rings is 1. The largest absolute Gasteiger partial charge is 0.496 e. The molecule has 0 unspecified atom stereocenters. The van der Waals surface area contributed by atoms with E-state index < -0.39 is 0 Å². The molecular weight excluding hydrogens is 378 g/mol. The molecular formula is C24H31N3O3. The highest BCUT2D eigenvalue weighted by atomic mass is 16.5. The van der Waals surface area contributed by atoms with Crippen LogP contribution < -0.4 is 10.1 Å². The molecule has 1 aliphatic heterocycles. The van der Waals surface area contributed by atoms with Crippen LogP contribution in [0.1, 0.15) is 59.4 Å². The minimum absolute atomic E-state index is 0.0977. The lowest BCUT2D eigenvalue weighted by Crippen LogP contribution is -2.38. The van der Waals surface area contributed by atoms with Crippen LogP contribution in [0.25, 0.3) is 0 Å². The van der Waals surface area contributed by atoms with Crippen LogP contribution in [0.3, 0.4) is 0 Å². The van der Waals surface area contributed by atoms with E-state index in [0.29, 0.717) is 24.9 Å². The normalized spacial score (nSPS) is 14.4. The van der Waals surface area contributed by atoms with Gasteiger partial charge in [-0.3, -0.25) is 14.6 Å². The van der Waals surface area contributed by atoms with Gasteiger partial charge < -0.3 is 15.0 Å². The second kappa shape index (κ2) is 10.2. The maximum absolute atomic E-state index is 12.9. The Morgan fingerprint density at radius 2 is 1.90 bits per heavy atom. The Bertz CT molecular complexity index is 889. The zero-order valence-corrected chi connectivity index (χ0v) is 18.1. The van der Waals surface area contributed by atoms with Crippen LogP contribution in [0.4, 0.5) is 0 Å². The number of amides is 2. The third-order valence-corrected chi connectivity index (χ3v) is 5.72. The lowest BCUT2D eigenvalue weighted by Gasteiger charge is -2.32. The molecule has 0 radical (unpaired) electrons. The molecule has 0 aliphatic carbocycles. The standard InChI is InChI=1S/C24H31N3O3/c1-4-22(28)27-15-12-19(13-16-27)23-20(10-9-17(2)26-23)24(29)25-14-11-18-7-5-6-8-21(18)30-3/h5-10,19H,4,11-16H2,1-3H3,(H,25,29). The van der Waals surface area contributed by atoms with Crippen molar-refractivity contribution in [2.75, 3.05) is 26.7 Å². The Balaban J connectivity index is 1.66. The number of methoxy groups -OCH3 is 1. The van der Waals surface area contributed by atoms with E-state index in [9.17, 15) is 9.59 Å². The quantitative estimate of drug-likeness (QED) is 0.760. The molecule has 2 heterocycles. The summed E-state index contributed by atoms with van der Waals surface area (Å²) in [6, 6.07) is 11.6. The zero-order valence-electron chi connectivity index (χ0n) is 18.1. The molecule has 160 valence electrons. The van der Waals surface area contributed by atoms with Gasteiger partial charge in [0.1, 0.15) is 5.75 Å². The number of nitrogens with one attached hydrogen (secondary N) is 1. The highest BCUT2D eigenvalue weighted by molar-refractivity contribution is 5.95. The summed E-state index contributed by atoms with van der Waals surface area (Å²) in [4.78, 5) is 31.5. The van der Waals surface area contributed by atoms with Crippen molar-refractivity contribution in [2.45, 2.75) is 45.4 Å². The number of benzene rings is 1. The van der Waals surface area contributed by atoms with E-state index in [1.165, 1.54) is 0 Å². The molecule has 6 nitrogen and oxygen atoms in total. The highest BCUT2D eigenvalue weighted by Gasteiger charge is 2.27. The van der Waals surface area contributed by atoms with Gasteiger partial charge in [-0.2, -0.15) is 0 Å². The first-order chi connectivity index (χ1) is 14.5. The molecule has 1 aromatic heterocycles. The Hall–Kier alpha value is -2.89. The van der Waals surface area contributed by atoms with E-state index >= 15 is 0 Å². The van der Waals surface area contributed by atoms with Crippen molar-refractivity contribution in [1.82, 2.24) is 15.2 Å². The minimum Gasteiger partial charge on any atom is -0.496 e. The van der Waals surface area contributed by atoms with Gasteiger partial charge >= 0.3 is 0 Å². The van der Waals surface area contributed by atoms with E-state index in [-0.39, 0.29) is 17.7 Å². The van der Waals surface area contributed by atoms with E-state index in [1.807, 2.05) is 55.1 Å². The van der Waals surface area contributed by atoms with Crippen molar-refractivity contribution in [1.29, 1.82) is 0 Å². The molecule has 3 rings (SSSR count). The Morgan fingerprint density at radius 3 is 2.60 bits per heavy atom. The molecule has 1 N–H and O–H groups in total. The maximum atomic E-state index is 12.9. The fraction of sp³-hybridized carbons (Fsp3) is 0.458. The summed E-state index contributed by atoms with van der Waals surface area (Å²) in [5.41, 5.74) is 3.47. The number of para-hydroxylation sites is 1. The average Bonchev–Trinajstić information content (AvgIpc) is 2.78. The Kier molecular flexibility index (Phi) is 7.44. The van der Waals surface area contributed by atoms with Crippen molar-refractivity contribution >= 4 is 11.8 Å². The number of ether oxygens (including phenoxy) is 1. The fourth-order valence-electron chi connectivity index (χ4n) is 4.02. The molecule has 2 aromatic rings. The third-order valence-electron chi connectivity index (χ3n) is 5.72. The number of hydrogen-bond donors (Lipinski definition) is 1. The van der Waals surface area contributed by atoms with Crippen molar-refractivity contribution in [3.8, 4) is 5.75 Å². The molecule has 2 amide bonds. The summed E-state index contributed by atoms with van der Waals surface area (Å²) in [5.74, 6) is 1.12. The SMILES string of the molecule is CCC(=O)N1CCC(c2nc(C)ccc2C(=O)NCCc2ccccc2OC)CC1. The number of aryl methyl sites for hydroxylation is 1. The van der Waals surface area contributed by atoms with Gasteiger partial charge in [-0.25, -0.2) is 0 Å². The first-order valence-corrected chi connectivity index (χ1v) is 10.7. The fourth-order valence-corrected chi connectivity index (χ4v) is 4.02. The number of carbonyl (C=O) groups excluding carboxylic acids is 2. The summed E-state index contributed by atoms with van der Waals surface area (Å²) < 4.78 is 5.38. The van der Waals surface area contributed by atoms with Crippen LogP contribution in [0.5, 0.6) is 5.75 Å². The molecule has 0 saturated carbocycles.